The third-order valence-corrected chi connectivity index (χ3v) is 3.11. The van der Waals surface area contributed by atoms with Gasteiger partial charge in [-0.25, -0.2) is 14.5 Å². The Kier molecular flexibility index (Phi) is 4.88. The predicted octanol–water partition coefficient (Wildman–Crippen LogP) is -1.40. The number of H-pyrrole nitrogens is 1. The van der Waals surface area contributed by atoms with Crippen LogP contribution in [0.2, 0.25) is 0 Å². The SMILES string of the molecule is Cc1ncc(N([O-])O)n1CCNC(=O)Cn1cc[nH]c1=[N+]([O-])[O-]. The molecule has 12 heteroatoms. The van der Waals surface area contributed by atoms with Crippen molar-refractivity contribution in [2.75, 3.05) is 11.8 Å². The molecule has 0 aromatic carbocycles. The molecule has 0 saturated heterocycles. The number of nitrogens with one attached hydrogen (secondary N) is 2. The summed E-state index contributed by atoms with van der Waals surface area (Å²) < 4.78 is 2.59. The molecule has 12 nitrogen and oxygen atoms in total. The summed E-state index contributed by atoms with van der Waals surface area (Å²) in [6.45, 7) is 1.80. The number of anilines is 1. The van der Waals surface area contributed by atoms with Crippen LogP contribution in [0.1, 0.15) is 5.82 Å². The van der Waals surface area contributed by atoms with Crippen molar-refractivity contribution in [3.63, 3.8) is 0 Å². The Morgan fingerprint density at radius 3 is 2.96 bits per heavy atom. The van der Waals surface area contributed by atoms with E-state index in [0.29, 0.717) is 5.82 Å². The van der Waals surface area contributed by atoms with Gasteiger partial charge in [0.2, 0.25) is 0 Å². The smallest absolute Gasteiger partial charge is 0.358 e. The largest absolute Gasteiger partial charge is 0.744 e. The molecule has 2 aromatic heterocycles. The number of aromatic nitrogens is 4. The standard InChI is InChI=1S/C11H15N7O5/c1-8-14-6-10(17(20)21)16(8)5-3-12-9(19)7-15-4-2-13-11(15)18(22)23/h2,4,6,13,20H,3,5,7H2,1H3,(H-,12,19,22,23)/q-2. The first-order valence-corrected chi connectivity index (χ1v) is 6.56. The van der Waals surface area contributed by atoms with Gasteiger partial charge in [0, 0.05) is 13.1 Å². The van der Waals surface area contributed by atoms with Gasteiger partial charge in [0.25, 0.3) is 5.91 Å². The number of nitrogens with zero attached hydrogens (tertiary/aromatic N) is 5. The molecule has 0 atom stereocenters. The second-order valence-corrected chi connectivity index (χ2v) is 4.61. The molecule has 23 heavy (non-hydrogen) atoms. The molecule has 0 fully saturated rings. The monoisotopic (exact) mass is 325 g/mol. The number of hydrogen-bond donors (Lipinski definition) is 3. The normalized spacial score (nSPS) is 10.6. The molecule has 2 aromatic rings. The molecule has 2 heterocycles. The number of amides is 1. The van der Waals surface area contributed by atoms with Crippen molar-refractivity contribution in [1.82, 2.24) is 29.3 Å². The van der Waals surface area contributed by atoms with E-state index >= 15 is 0 Å². The highest BCUT2D eigenvalue weighted by atomic mass is 16.8. The number of carbonyl (C=O) groups excluding carboxylic acids is 1. The van der Waals surface area contributed by atoms with Crippen LogP contribution in [0.25, 0.3) is 0 Å². The molecule has 2 rings (SSSR count). The predicted molar refractivity (Wildman–Crippen MR) is 78.4 cm³/mol. The summed E-state index contributed by atoms with van der Waals surface area (Å²) in [6, 6.07) is 0. The molecule has 0 bridgehead atoms. The quantitative estimate of drug-likeness (QED) is 0.549. The maximum atomic E-state index is 11.8. The fraction of sp³-hybridized carbons (Fsp3) is 0.364. The number of rotatable bonds is 6. The van der Waals surface area contributed by atoms with Crippen molar-refractivity contribution >= 4 is 11.7 Å². The molecule has 1 amide bonds. The number of carbonyl (C=O) groups is 1. The van der Waals surface area contributed by atoms with Crippen molar-refractivity contribution in [2.24, 2.45) is 0 Å². The maximum Gasteiger partial charge on any atom is 0.358 e. The van der Waals surface area contributed by atoms with Gasteiger partial charge in [0.1, 0.15) is 11.6 Å². The second-order valence-electron chi connectivity index (χ2n) is 4.61. The lowest BCUT2D eigenvalue weighted by molar-refractivity contribution is -0.121. The van der Waals surface area contributed by atoms with Crippen LogP contribution in [0, 0.1) is 22.5 Å². The zero-order valence-corrected chi connectivity index (χ0v) is 12.2. The topological polar surface area (TPSA) is 163 Å². The minimum atomic E-state index is -0.626. The van der Waals surface area contributed by atoms with Crippen LogP contribution in [0.4, 0.5) is 5.82 Å². The molecule has 0 spiro atoms. The van der Waals surface area contributed by atoms with Crippen molar-refractivity contribution in [1.29, 1.82) is 0 Å². The lowest BCUT2D eigenvalue weighted by Gasteiger charge is -2.23. The Hall–Kier alpha value is -2.99. The molecule has 0 unspecified atom stereocenters. The van der Waals surface area contributed by atoms with Crippen molar-refractivity contribution < 1.29 is 10.0 Å². The number of imidazole rings is 2. The molecule has 0 aliphatic rings. The molecule has 0 aliphatic carbocycles. The van der Waals surface area contributed by atoms with Crippen molar-refractivity contribution in [3.05, 3.63) is 45.7 Å². The average molecular weight is 325 g/mol. The number of aryl methyl sites for hydroxylation is 1. The van der Waals surface area contributed by atoms with Gasteiger partial charge in [0.15, 0.2) is 6.54 Å². The van der Waals surface area contributed by atoms with Crippen molar-refractivity contribution in [2.45, 2.75) is 20.0 Å². The van der Waals surface area contributed by atoms with E-state index in [1.165, 1.54) is 23.2 Å². The van der Waals surface area contributed by atoms with Gasteiger partial charge in [-0.15, -0.1) is 0 Å². The number of aromatic amines is 1. The van der Waals surface area contributed by atoms with Gasteiger partial charge >= 0.3 is 5.62 Å². The van der Waals surface area contributed by atoms with Gasteiger partial charge in [-0.05, 0) is 6.92 Å². The first-order valence-electron chi connectivity index (χ1n) is 6.56. The van der Waals surface area contributed by atoms with Crippen LogP contribution in [-0.4, -0.2) is 36.8 Å². The Bertz CT molecular complexity index is 740. The summed E-state index contributed by atoms with van der Waals surface area (Å²) in [6.07, 6.45) is 3.96. The molecule has 0 saturated carbocycles. The highest BCUT2D eigenvalue weighted by Gasteiger charge is 2.10. The van der Waals surface area contributed by atoms with E-state index in [4.69, 9.17) is 5.21 Å². The summed E-state index contributed by atoms with van der Waals surface area (Å²) in [4.78, 5) is 17.5. The van der Waals surface area contributed by atoms with E-state index in [1.807, 2.05) is 0 Å². The number of hydrogen-bond acceptors (Lipinski definition) is 7. The van der Waals surface area contributed by atoms with Crippen molar-refractivity contribution in [3.8, 4) is 0 Å². The maximum absolute atomic E-state index is 11.8. The minimum absolute atomic E-state index is 0.0487. The van der Waals surface area contributed by atoms with E-state index in [-0.39, 0.29) is 36.3 Å². The Labute approximate surface area is 129 Å². The van der Waals surface area contributed by atoms with Gasteiger partial charge < -0.3 is 30.7 Å². The molecule has 0 radical (unpaired) electrons. The van der Waals surface area contributed by atoms with Crippen LogP contribution < -0.4 is 21.1 Å². The van der Waals surface area contributed by atoms with E-state index in [2.05, 4.69) is 15.3 Å². The fourth-order valence-electron chi connectivity index (χ4n) is 2.04. The van der Waals surface area contributed by atoms with E-state index in [0.717, 1.165) is 4.57 Å². The highest BCUT2D eigenvalue weighted by molar-refractivity contribution is 5.75. The Morgan fingerprint density at radius 1 is 1.57 bits per heavy atom. The van der Waals surface area contributed by atoms with Crippen LogP contribution in [0.3, 0.4) is 0 Å². The van der Waals surface area contributed by atoms with Crippen LogP contribution in [0.5, 0.6) is 0 Å². The molecular weight excluding hydrogens is 310 g/mol. The molecule has 3 N–H and O–H groups in total. The average Bonchev–Trinajstić information content (AvgIpc) is 3.06. The Morgan fingerprint density at radius 2 is 2.30 bits per heavy atom. The summed E-state index contributed by atoms with van der Waals surface area (Å²) >= 11 is 0. The lowest BCUT2D eigenvalue weighted by Crippen LogP contribution is -2.36. The van der Waals surface area contributed by atoms with Crippen LogP contribution in [0.15, 0.2) is 18.6 Å². The summed E-state index contributed by atoms with van der Waals surface area (Å²) in [7, 11) is 0. The van der Waals surface area contributed by atoms with E-state index < -0.39 is 10.8 Å². The molecule has 126 valence electrons. The summed E-state index contributed by atoms with van der Waals surface area (Å²) in [5.74, 6) is 0.0205. The highest BCUT2D eigenvalue weighted by Crippen LogP contribution is 2.13. The summed E-state index contributed by atoms with van der Waals surface area (Å²) in [5, 5.41) is 43.6. The zero-order chi connectivity index (χ0) is 17.0. The fourth-order valence-corrected chi connectivity index (χ4v) is 2.04. The van der Waals surface area contributed by atoms with Gasteiger partial charge in [-0.2, -0.15) is 0 Å². The molecule has 0 aliphatic heterocycles. The van der Waals surface area contributed by atoms with Crippen LogP contribution in [-0.2, 0) is 17.9 Å². The van der Waals surface area contributed by atoms with Gasteiger partial charge in [0.05, 0.1) is 18.6 Å². The summed E-state index contributed by atoms with van der Waals surface area (Å²) in [5.41, 5.74) is -0.296. The lowest BCUT2D eigenvalue weighted by atomic mass is 10.5. The first-order chi connectivity index (χ1) is 10.9. The third kappa shape index (κ3) is 3.81. The van der Waals surface area contributed by atoms with E-state index in [1.54, 1.807) is 6.92 Å². The van der Waals surface area contributed by atoms with Gasteiger partial charge in [-0.3, -0.25) is 14.9 Å². The van der Waals surface area contributed by atoms with Gasteiger partial charge in [-0.1, -0.05) is 0 Å². The minimum Gasteiger partial charge on any atom is -0.744 e. The zero-order valence-electron chi connectivity index (χ0n) is 12.2. The first kappa shape index (κ1) is 16.4. The Balaban J connectivity index is 1.92. The second kappa shape index (κ2) is 6.85. The van der Waals surface area contributed by atoms with Crippen LogP contribution >= 0.6 is 0 Å². The van der Waals surface area contributed by atoms with E-state index in [9.17, 15) is 20.4 Å². The third-order valence-electron chi connectivity index (χ3n) is 3.11. The molecular formula is C11H15N7O5-2.